The summed E-state index contributed by atoms with van der Waals surface area (Å²) in [5.74, 6) is 0.287. The molecule has 2 heterocycles. The van der Waals surface area contributed by atoms with Gasteiger partial charge in [-0.3, -0.25) is 4.79 Å². The van der Waals surface area contributed by atoms with Crippen molar-refractivity contribution >= 4 is 23.5 Å². The van der Waals surface area contributed by atoms with Gasteiger partial charge in [-0.25, -0.2) is 9.50 Å². The molecule has 0 aromatic carbocycles. The van der Waals surface area contributed by atoms with E-state index < -0.39 is 0 Å². The van der Waals surface area contributed by atoms with Crippen LogP contribution in [0.15, 0.2) is 12.3 Å². The van der Waals surface area contributed by atoms with Gasteiger partial charge >= 0.3 is 0 Å². The summed E-state index contributed by atoms with van der Waals surface area (Å²) in [5.41, 5.74) is 2.05. The Morgan fingerprint density at radius 3 is 2.87 bits per heavy atom. The maximum Gasteiger partial charge on any atom is 0.170 e. The summed E-state index contributed by atoms with van der Waals surface area (Å²) in [6.07, 6.45) is 2.27. The van der Waals surface area contributed by atoms with Crippen LogP contribution in [0.5, 0.6) is 0 Å². The lowest BCUT2D eigenvalue weighted by molar-refractivity contribution is 0.111. The first kappa shape index (κ1) is 10.1. The number of carbonyl (C=O) groups is 1. The van der Waals surface area contributed by atoms with Crippen LogP contribution in [0.1, 0.15) is 35.8 Å². The van der Waals surface area contributed by atoms with Gasteiger partial charge in [0.15, 0.2) is 11.9 Å². The Kier molecular flexibility index (Phi) is 2.44. The highest BCUT2D eigenvalue weighted by molar-refractivity contribution is 6.29. The minimum atomic E-state index is 0.287. The summed E-state index contributed by atoms with van der Waals surface area (Å²) < 4.78 is 1.54. The first-order valence-electron chi connectivity index (χ1n) is 4.63. The fourth-order valence-electron chi connectivity index (χ4n) is 1.47. The van der Waals surface area contributed by atoms with E-state index in [1.165, 1.54) is 0 Å². The molecule has 0 amide bonds. The summed E-state index contributed by atoms with van der Waals surface area (Å²) in [4.78, 5) is 14.8. The molecule has 2 rings (SSSR count). The second-order valence-electron chi connectivity index (χ2n) is 3.63. The van der Waals surface area contributed by atoms with E-state index in [0.29, 0.717) is 22.8 Å². The second kappa shape index (κ2) is 3.62. The molecule has 0 radical (unpaired) electrons. The first-order chi connectivity index (χ1) is 7.11. The lowest BCUT2D eigenvalue weighted by Gasteiger charge is -2.06. The highest BCUT2D eigenvalue weighted by atomic mass is 35.5. The molecule has 0 bridgehead atoms. The normalized spacial score (nSPS) is 11.2. The second-order valence-corrected chi connectivity index (χ2v) is 4.02. The maximum atomic E-state index is 10.6. The quantitative estimate of drug-likeness (QED) is 0.734. The Bertz CT molecular complexity index is 519. The molecule has 0 saturated heterocycles. The summed E-state index contributed by atoms with van der Waals surface area (Å²) in [6, 6.07) is 1.78. The van der Waals surface area contributed by atoms with E-state index in [1.807, 2.05) is 13.8 Å². The van der Waals surface area contributed by atoms with Crippen molar-refractivity contribution in [2.45, 2.75) is 19.8 Å². The Labute approximate surface area is 91.9 Å². The van der Waals surface area contributed by atoms with E-state index in [-0.39, 0.29) is 5.92 Å². The predicted octanol–water partition coefficient (Wildman–Crippen LogP) is 2.32. The molecule has 2 aromatic rings. The molecule has 0 atom stereocenters. The SMILES string of the molecule is CC(C)c1cc(Cl)nn2cc(C=O)nc12. The summed E-state index contributed by atoms with van der Waals surface area (Å²) >= 11 is 5.87. The molecule has 5 heteroatoms. The standard InChI is InChI=1S/C10H10ClN3O/c1-6(2)8-3-9(11)13-14-4-7(5-15)12-10(8)14/h3-6H,1-2H3. The number of fused-ring (bicyclic) bond motifs is 1. The van der Waals surface area contributed by atoms with Gasteiger partial charge in [0.1, 0.15) is 10.8 Å². The van der Waals surface area contributed by atoms with Crippen molar-refractivity contribution in [2.75, 3.05) is 0 Å². The first-order valence-corrected chi connectivity index (χ1v) is 5.00. The lowest BCUT2D eigenvalue weighted by atomic mass is 10.1. The maximum absolute atomic E-state index is 10.6. The lowest BCUT2D eigenvalue weighted by Crippen LogP contribution is -1.98. The molecule has 4 nitrogen and oxygen atoms in total. The number of hydrogen-bond acceptors (Lipinski definition) is 3. The Balaban J connectivity index is 2.77. The molecule has 78 valence electrons. The number of carbonyl (C=O) groups excluding carboxylic acids is 1. The Morgan fingerprint density at radius 2 is 2.27 bits per heavy atom. The van der Waals surface area contributed by atoms with Crippen LogP contribution < -0.4 is 0 Å². The van der Waals surface area contributed by atoms with Gasteiger partial charge in [-0.1, -0.05) is 25.4 Å². The summed E-state index contributed by atoms with van der Waals surface area (Å²) in [6.45, 7) is 4.09. The number of hydrogen-bond donors (Lipinski definition) is 0. The third-order valence-electron chi connectivity index (χ3n) is 2.19. The number of aromatic nitrogens is 3. The molecule has 0 spiro atoms. The number of halogens is 1. The van der Waals surface area contributed by atoms with E-state index in [9.17, 15) is 4.79 Å². The molecule has 2 aromatic heterocycles. The van der Waals surface area contributed by atoms with Crippen LogP contribution in [-0.2, 0) is 0 Å². The van der Waals surface area contributed by atoms with Crippen molar-refractivity contribution in [3.8, 4) is 0 Å². The molecule has 0 aliphatic rings. The van der Waals surface area contributed by atoms with Gasteiger partial charge in [0.2, 0.25) is 0 Å². The molecule has 0 N–H and O–H groups in total. The monoisotopic (exact) mass is 223 g/mol. The molecule has 0 unspecified atom stereocenters. The van der Waals surface area contributed by atoms with Gasteiger partial charge in [-0.2, -0.15) is 5.10 Å². The van der Waals surface area contributed by atoms with Gasteiger partial charge in [0, 0.05) is 5.56 Å². The average molecular weight is 224 g/mol. The summed E-state index contributed by atoms with van der Waals surface area (Å²) in [5, 5.41) is 4.45. The van der Waals surface area contributed by atoms with Gasteiger partial charge in [-0.05, 0) is 12.0 Å². The van der Waals surface area contributed by atoms with Gasteiger partial charge < -0.3 is 0 Å². The zero-order valence-electron chi connectivity index (χ0n) is 8.44. The largest absolute Gasteiger partial charge is 0.296 e. The third kappa shape index (κ3) is 1.72. The van der Waals surface area contributed by atoms with Crippen molar-refractivity contribution in [3.05, 3.63) is 28.7 Å². The van der Waals surface area contributed by atoms with Crippen LogP contribution in [0.3, 0.4) is 0 Å². The average Bonchev–Trinajstić information content (AvgIpc) is 2.58. The van der Waals surface area contributed by atoms with Crippen LogP contribution >= 0.6 is 11.6 Å². The van der Waals surface area contributed by atoms with E-state index in [1.54, 1.807) is 16.8 Å². The summed E-state index contributed by atoms with van der Waals surface area (Å²) in [7, 11) is 0. The van der Waals surface area contributed by atoms with E-state index in [4.69, 9.17) is 11.6 Å². The van der Waals surface area contributed by atoms with Crippen LogP contribution in [-0.4, -0.2) is 20.9 Å². The molecule has 0 fully saturated rings. The van der Waals surface area contributed by atoms with E-state index in [0.717, 1.165) is 5.56 Å². The molecule has 0 aliphatic carbocycles. The minimum Gasteiger partial charge on any atom is -0.296 e. The van der Waals surface area contributed by atoms with Crippen LogP contribution in [0.2, 0.25) is 5.15 Å². The van der Waals surface area contributed by atoms with Crippen molar-refractivity contribution in [1.29, 1.82) is 0 Å². The van der Waals surface area contributed by atoms with Gasteiger partial charge in [-0.15, -0.1) is 0 Å². The molecule has 0 aliphatic heterocycles. The highest BCUT2D eigenvalue weighted by Crippen LogP contribution is 2.21. The molecular formula is C10H10ClN3O. The van der Waals surface area contributed by atoms with Gasteiger partial charge in [0.25, 0.3) is 0 Å². The Hall–Kier alpha value is -1.42. The number of aldehydes is 1. The molecule has 0 saturated carbocycles. The van der Waals surface area contributed by atoms with Crippen LogP contribution in [0.25, 0.3) is 5.65 Å². The van der Waals surface area contributed by atoms with Crippen LogP contribution in [0.4, 0.5) is 0 Å². The highest BCUT2D eigenvalue weighted by Gasteiger charge is 2.11. The molecular weight excluding hydrogens is 214 g/mol. The minimum absolute atomic E-state index is 0.287. The number of nitrogens with zero attached hydrogens (tertiary/aromatic N) is 3. The van der Waals surface area contributed by atoms with Crippen molar-refractivity contribution in [2.24, 2.45) is 0 Å². The fourth-order valence-corrected chi connectivity index (χ4v) is 1.67. The Morgan fingerprint density at radius 1 is 1.53 bits per heavy atom. The van der Waals surface area contributed by atoms with E-state index in [2.05, 4.69) is 10.1 Å². The van der Waals surface area contributed by atoms with Crippen molar-refractivity contribution in [3.63, 3.8) is 0 Å². The molecule has 15 heavy (non-hydrogen) atoms. The van der Waals surface area contributed by atoms with Crippen molar-refractivity contribution < 1.29 is 4.79 Å². The fraction of sp³-hybridized carbons (Fsp3) is 0.300. The smallest absolute Gasteiger partial charge is 0.170 e. The van der Waals surface area contributed by atoms with E-state index >= 15 is 0 Å². The zero-order chi connectivity index (χ0) is 11.0. The van der Waals surface area contributed by atoms with Crippen molar-refractivity contribution in [1.82, 2.24) is 14.6 Å². The topological polar surface area (TPSA) is 47.3 Å². The van der Waals surface area contributed by atoms with Crippen LogP contribution in [0, 0.1) is 0 Å². The number of rotatable bonds is 2. The zero-order valence-corrected chi connectivity index (χ0v) is 9.19. The van der Waals surface area contributed by atoms with Gasteiger partial charge in [0.05, 0.1) is 6.20 Å². The predicted molar refractivity (Wildman–Crippen MR) is 57.5 cm³/mol. The third-order valence-corrected chi connectivity index (χ3v) is 2.37. The number of imidazole rings is 1.